The maximum absolute atomic E-state index is 11.8. The molecule has 0 spiro atoms. The minimum atomic E-state index is -0.935. The lowest BCUT2D eigenvalue weighted by atomic mass is 10.1. The Morgan fingerprint density at radius 3 is 2.65 bits per heavy atom. The van der Waals surface area contributed by atoms with Crippen LogP contribution in [0.1, 0.15) is 31.3 Å². The van der Waals surface area contributed by atoms with Crippen molar-refractivity contribution < 1.29 is 9.90 Å². The number of Topliss-reactive ketones (excluding diaryl/α,β-unsaturated/α-hetero) is 1. The van der Waals surface area contributed by atoms with E-state index in [1.807, 2.05) is 24.4 Å². The van der Waals surface area contributed by atoms with Crippen LogP contribution >= 0.6 is 0 Å². The van der Waals surface area contributed by atoms with Gasteiger partial charge in [0.15, 0.2) is 5.78 Å². The van der Waals surface area contributed by atoms with E-state index in [1.165, 1.54) is 6.92 Å². The highest BCUT2D eigenvalue weighted by Crippen LogP contribution is 2.26. The number of benzene rings is 1. The van der Waals surface area contributed by atoms with Crippen molar-refractivity contribution in [2.45, 2.75) is 32.9 Å². The average Bonchev–Trinajstić information content (AvgIpc) is 3.01. The molecule has 1 N–H and O–H groups in total. The highest BCUT2D eigenvalue weighted by molar-refractivity contribution is 6.05. The number of aryl methyl sites for hydroxylation is 1. The largest absolute Gasteiger partial charge is 0.389 e. The number of carbonyl (C=O) groups is 1. The Labute approximate surface area is 133 Å². The molecule has 3 rings (SSSR count). The number of aliphatic hydroxyl groups is 1. The number of aromatic nitrogens is 5. The molecule has 0 atom stereocenters. The quantitative estimate of drug-likeness (QED) is 0.742. The topological polar surface area (TPSA) is 85.8 Å². The first-order valence-electron chi connectivity index (χ1n) is 7.35. The van der Waals surface area contributed by atoms with E-state index in [4.69, 9.17) is 0 Å². The van der Waals surface area contributed by atoms with Crippen LogP contribution in [0.2, 0.25) is 0 Å². The molecule has 0 bridgehead atoms. The van der Waals surface area contributed by atoms with Crippen LogP contribution in [0.4, 0.5) is 0 Å². The summed E-state index contributed by atoms with van der Waals surface area (Å²) in [5.41, 5.74) is 1.90. The Bertz CT molecular complexity index is 886. The molecule has 2 heterocycles. The normalized spacial score (nSPS) is 12.0. The molecule has 1 aromatic carbocycles. The highest BCUT2D eigenvalue weighted by Gasteiger charge is 2.20. The summed E-state index contributed by atoms with van der Waals surface area (Å²) < 4.78 is 3.31. The van der Waals surface area contributed by atoms with E-state index in [1.54, 1.807) is 30.3 Å². The zero-order chi connectivity index (χ0) is 16.8. The molecule has 120 valence electrons. The molecule has 0 amide bonds. The van der Waals surface area contributed by atoms with Gasteiger partial charge in [-0.15, -0.1) is 5.10 Å². The molecule has 0 radical (unpaired) electrons. The number of hydrogen-bond acceptors (Lipinski definition) is 5. The molecule has 7 heteroatoms. The maximum atomic E-state index is 11.8. The summed E-state index contributed by atoms with van der Waals surface area (Å²) in [5, 5.41) is 23.3. The molecule has 23 heavy (non-hydrogen) atoms. The smallest absolute Gasteiger partial charge is 0.180 e. The molecule has 0 saturated carbocycles. The van der Waals surface area contributed by atoms with Gasteiger partial charge in [0.25, 0.3) is 0 Å². The number of fused-ring (bicyclic) bond motifs is 1. The summed E-state index contributed by atoms with van der Waals surface area (Å²) in [4.78, 5) is 11.8. The Balaban J connectivity index is 2.19. The van der Waals surface area contributed by atoms with Crippen LogP contribution in [0, 0.1) is 0 Å². The van der Waals surface area contributed by atoms with Gasteiger partial charge in [0, 0.05) is 24.9 Å². The van der Waals surface area contributed by atoms with Crippen molar-refractivity contribution in [1.29, 1.82) is 0 Å². The number of rotatable bonds is 4. The van der Waals surface area contributed by atoms with E-state index in [0.29, 0.717) is 12.2 Å². The first kappa shape index (κ1) is 15.4. The second-order valence-electron chi connectivity index (χ2n) is 6.38. The summed E-state index contributed by atoms with van der Waals surface area (Å²) >= 11 is 0. The van der Waals surface area contributed by atoms with E-state index >= 15 is 0 Å². The van der Waals surface area contributed by atoms with Gasteiger partial charge in [-0.1, -0.05) is 11.3 Å². The summed E-state index contributed by atoms with van der Waals surface area (Å²) in [7, 11) is 1.81. The van der Waals surface area contributed by atoms with Crippen molar-refractivity contribution in [3.05, 3.63) is 30.1 Å². The standard InChI is InChI=1S/C16H19N5O2/c1-10(22)15-12-6-5-11(13-8-20(4)19-17-13)7-14(12)21(18-15)9-16(2,3)23/h5-8,23H,9H2,1-4H3. The minimum Gasteiger partial charge on any atom is -0.389 e. The highest BCUT2D eigenvalue weighted by atomic mass is 16.3. The third-order valence-electron chi connectivity index (χ3n) is 3.52. The van der Waals surface area contributed by atoms with Crippen molar-refractivity contribution >= 4 is 16.7 Å². The first-order valence-corrected chi connectivity index (χ1v) is 7.35. The minimum absolute atomic E-state index is 0.100. The molecular formula is C16H19N5O2. The van der Waals surface area contributed by atoms with Gasteiger partial charge in [-0.3, -0.25) is 14.2 Å². The summed E-state index contributed by atoms with van der Waals surface area (Å²) in [6.45, 7) is 5.20. The number of carbonyl (C=O) groups excluding carboxylic acids is 1. The summed E-state index contributed by atoms with van der Waals surface area (Å²) in [6.07, 6.45) is 1.82. The fourth-order valence-corrected chi connectivity index (χ4v) is 2.56. The molecule has 0 aliphatic carbocycles. The third-order valence-corrected chi connectivity index (χ3v) is 3.52. The van der Waals surface area contributed by atoms with E-state index in [2.05, 4.69) is 15.4 Å². The lowest BCUT2D eigenvalue weighted by molar-refractivity contribution is 0.0588. The number of nitrogens with zero attached hydrogens (tertiary/aromatic N) is 5. The van der Waals surface area contributed by atoms with Gasteiger partial charge < -0.3 is 5.11 Å². The number of ketones is 1. The van der Waals surface area contributed by atoms with Crippen molar-refractivity contribution in [1.82, 2.24) is 24.8 Å². The van der Waals surface area contributed by atoms with Crippen molar-refractivity contribution in [3.63, 3.8) is 0 Å². The van der Waals surface area contributed by atoms with Gasteiger partial charge in [0.1, 0.15) is 11.4 Å². The van der Waals surface area contributed by atoms with Crippen LogP contribution < -0.4 is 0 Å². The van der Waals surface area contributed by atoms with Gasteiger partial charge in [0.2, 0.25) is 0 Å². The zero-order valence-corrected chi connectivity index (χ0v) is 13.6. The molecule has 7 nitrogen and oxygen atoms in total. The second-order valence-corrected chi connectivity index (χ2v) is 6.38. The predicted octanol–water partition coefficient (Wildman–Crippen LogP) is 1.81. The van der Waals surface area contributed by atoms with Gasteiger partial charge >= 0.3 is 0 Å². The van der Waals surface area contributed by atoms with Crippen LogP contribution in [0.5, 0.6) is 0 Å². The monoisotopic (exact) mass is 313 g/mol. The molecule has 0 unspecified atom stereocenters. The van der Waals surface area contributed by atoms with Crippen molar-refractivity contribution in [2.75, 3.05) is 0 Å². The molecule has 3 aromatic rings. The van der Waals surface area contributed by atoms with Crippen molar-refractivity contribution in [2.24, 2.45) is 7.05 Å². The molecule has 0 fully saturated rings. The van der Waals surface area contributed by atoms with Gasteiger partial charge in [-0.2, -0.15) is 5.10 Å². The van der Waals surface area contributed by atoms with Crippen LogP contribution in [0.25, 0.3) is 22.2 Å². The van der Waals surface area contributed by atoms with E-state index in [9.17, 15) is 9.90 Å². The molecule has 0 saturated heterocycles. The average molecular weight is 313 g/mol. The Hall–Kier alpha value is -2.54. The van der Waals surface area contributed by atoms with Crippen LogP contribution in [0.15, 0.2) is 24.4 Å². The summed E-state index contributed by atoms with van der Waals surface area (Å²) in [6, 6.07) is 5.68. The molecular weight excluding hydrogens is 294 g/mol. The van der Waals surface area contributed by atoms with E-state index in [-0.39, 0.29) is 5.78 Å². The lowest BCUT2D eigenvalue weighted by Crippen LogP contribution is -2.26. The molecule has 0 aliphatic heterocycles. The predicted molar refractivity (Wildman–Crippen MR) is 86.0 cm³/mol. The second kappa shape index (κ2) is 5.27. The Morgan fingerprint density at radius 1 is 1.35 bits per heavy atom. The molecule has 2 aromatic heterocycles. The third kappa shape index (κ3) is 3.00. The molecule has 0 aliphatic rings. The SMILES string of the molecule is CC(=O)c1nn(CC(C)(C)O)c2cc(-c3cn(C)nn3)ccc12. The summed E-state index contributed by atoms with van der Waals surface area (Å²) in [5.74, 6) is -0.100. The maximum Gasteiger partial charge on any atom is 0.180 e. The fraction of sp³-hybridized carbons (Fsp3) is 0.375. The van der Waals surface area contributed by atoms with Crippen LogP contribution in [0.3, 0.4) is 0 Å². The van der Waals surface area contributed by atoms with E-state index < -0.39 is 5.60 Å². The number of hydrogen-bond donors (Lipinski definition) is 1. The first-order chi connectivity index (χ1) is 10.7. The van der Waals surface area contributed by atoms with Crippen LogP contribution in [-0.4, -0.2) is 41.3 Å². The zero-order valence-electron chi connectivity index (χ0n) is 13.6. The van der Waals surface area contributed by atoms with Crippen molar-refractivity contribution in [3.8, 4) is 11.3 Å². The van der Waals surface area contributed by atoms with Crippen LogP contribution in [-0.2, 0) is 13.6 Å². The fourth-order valence-electron chi connectivity index (χ4n) is 2.56. The Kier molecular flexibility index (Phi) is 3.52. The lowest BCUT2D eigenvalue weighted by Gasteiger charge is -2.17. The Morgan fingerprint density at radius 2 is 2.09 bits per heavy atom. The van der Waals surface area contributed by atoms with Gasteiger partial charge in [-0.25, -0.2) is 0 Å². The van der Waals surface area contributed by atoms with Gasteiger partial charge in [-0.05, 0) is 26.0 Å². The van der Waals surface area contributed by atoms with E-state index in [0.717, 1.165) is 22.2 Å². The van der Waals surface area contributed by atoms with Gasteiger partial charge in [0.05, 0.1) is 23.9 Å².